The number of hydrogen-bond acceptors (Lipinski definition) is 4. The van der Waals surface area contributed by atoms with Gasteiger partial charge in [-0.25, -0.2) is 9.97 Å². The van der Waals surface area contributed by atoms with Crippen molar-refractivity contribution >= 4 is 5.82 Å². The molecule has 17 heavy (non-hydrogen) atoms. The van der Waals surface area contributed by atoms with Crippen LogP contribution in [0.15, 0.2) is 12.4 Å². The topological polar surface area (TPSA) is 47.0 Å². The number of rotatable bonds is 4. The van der Waals surface area contributed by atoms with Crippen LogP contribution in [0, 0.1) is 5.92 Å². The Labute approximate surface area is 103 Å². The molecule has 1 aromatic rings. The van der Waals surface area contributed by atoms with E-state index in [2.05, 4.69) is 22.2 Å². The zero-order valence-electron chi connectivity index (χ0n) is 10.8. The SMILES string of the molecule is CC(C)Oc1cc(NC2CCCC2C)ncn1. The molecule has 0 amide bonds. The third-order valence-electron chi connectivity index (χ3n) is 3.19. The molecule has 4 nitrogen and oxygen atoms in total. The molecule has 1 aliphatic rings. The molecule has 4 heteroatoms. The van der Waals surface area contributed by atoms with Crippen molar-refractivity contribution < 1.29 is 4.74 Å². The van der Waals surface area contributed by atoms with Gasteiger partial charge < -0.3 is 10.1 Å². The molecule has 0 aromatic carbocycles. The summed E-state index contributed by atoms with van der Waals surface area (Å²) in [6.45, 7) is 6.28. The van der Waals surface area contributed by atoms with E-state index in [-0.39, 0.29) is 6.10 Å². The minimum absolute atomic E-state index is 0.142. The van der Waals surface area contributed by atoms with Gasteiger partial charge in [-0.3, -0.25) is 0 Å². The molecule has 0 bridgehead atoms. The Morgan fingerprint density at radius 3 is 2.82 bits per heavy atom. The summed E-state index contributed by atoms with van der Waals surface area (Å²) in [5.41, 5.74) is 0. The first kappa shape index (κ1) is 12.1. The van der Waals surface area contributed by atoms with E-state index in [0.29, 0.717) is 11.9 Å². The molecule has 1 aromatic heterocycles. The van der Waals surface area contributed by atoms with E-state index in [9.17, 15) is 0 Å². The summed E-state index contributed by atoms with van der Waals surface area (Å²) in [5, 5.41) is 3.47. The summed E-state index contributed by atoms with van der Waals surface area (Å²) in [7, 11) is 0. The number of hydrogen-bond donors (Lipinski definition) is 1. The molecule has 0 saturated heterocycles. The number of nitrogens with one attached hydrogen (secondary N) is 1. The normalized spacial score (nSPS) is 24.0. The lowest BCUT2D eigenvalue weighted by molar-refractivity contribution is 0.232. The first-order chi connectivity index (χ1) is 8.15. The Morgan fingerprint density at radius 1 is 1.35 bits per heavy atom. The molecule has 1 saturated carbocycles. The molecule has 1 fully saturated rings. The van der Waals surface area contributed by atoms with Gasteiger partial charge in [0.25, 0.3) is 0 Å². The summed E-state index contributed by atoms with van der Waals surface area (Å²) >= 11 is 0. The quantitative estimate of drug-likeness (QED) is 0.871. The van der Waals surface area contributed by atoms with E-state index in [1.54, 1.807) is 6.33 Å². The minimum atomic E-state index is 0.142. The average Bonchev–Trinajstić information content (AvgIpc) is 2.64. The maximum absolute atomic E-state index is 5.56. The van der Waals surface area contributed by atoms with Crippen molar-refractivity contribution in [3.8, 4) is 5.88 Å². The number of anilines is 1. The van der Waals surface area contributed by atoms with Crippen LogP contribution in [0.3, 0.4) is 0 Å². The highest BCUT2D eigenvalue weighted by atomic mass is 16.5. The van der Waals surface area contributed by atoms with Crippen molar-refractivity contribution in [3.63, 3.8) is 0 Å². The number of nitrogens with zero attached hydrogens (tertiary/aromatic N) is 2. The molecule has 1 aliphatic carbocycles. The minimum Gasteiger partial charge on any atom is -0.475 e. The lowest BCUT2D eigenvalue weighted by Gasteiger charge is -2.18. The summed E-state index contributed by atoms with van der Waals surface area (Å²) in [6, 6.07) is 2.42. The van der Waals surface area contributed by atoms with Crippen LogP contribution in [-0.4, -0.2) is 22.1 Å². The van der Waals surface area contributed by atoms with Crippen molar-refractivity contribution in [1.82, 2.24) is 9.97 Å². The Kier molecular flexibility index (Phi) is 3.82. The molecule has 0 aliphatic heterocycles. The maximum Gasteiger partial charge on any atom is 0.218 e. The highest BCUT2D eigenvalue weighted by Gasteiger charge is 2.23. The van der Waals surface area contributed by atoms with E-state index in [0.717, 1.165) is 11.7 Å². The molecule has 0 spiro atoms. The molecular formula is C13H21N3O. The van der Waals surface area contributed by atoms with E-state index in [1.165, 1.54) is 19.3 Å². The van der Waals surface area contributed by atoms with Gasteiger partial charge in [-0.2, -0.15) is 0 Å². The van der Waals surface area contributed by atoms with Gasteiger partial charge in [-0.05, 0) is 32.6 Å². The van der Waals surface area contributed by atoms with Gasteiger partial charge >= 0.3 is 0 Å². The summed E-state index contributed by atoms with van der Waals surface area (Å²) in [6.07, 6.45) is 5.53. The molecule has 1 heterocycles. The van der Waals surface area contributed by atoms with Crippen LogP contribution < -0.4 is 10.1 Å². The third kappa shape index (κ3) is 3.32. The zero-order valence-corrected chi connectivity index (χ0v) is 10.8. The fourth-order valence-corrected chi connectivity index (χ4v) is 2.27. The first-order valence-electron chi connectivity index (χ1n) is 6.40. The van der Waals surface area contributed by atoms with Crippen LogP contribution in [0.2, 0.25) is 0 Å². The monoisotopic (exact) mass is 235 g/mol. The van der Waals surface area contributed by atoms with Crippen molar-refractivity contribution in [2.75, 3.05) is 5.32 Å². The highest BCUT2D eigenvalue weighted by molar-refractivity contribution is 5.38. The smallest absolute Gasteiger partial charge is 0.218 e. The Bertz CT molecular complexity index is 367. The lowest BCUT2D eigenvalue weighted by Crippen LogP contribution is -2.22. The lowest BCUT2D eigenvalue weighted by atomic mass is 10.1. The average molecular weight is 235 g/mol. The molecule has 94 valence electrons. The van der Waals surface area contributed by atoms with Crippen molar-refractivity contribution in [1.29, 1.82) is 0 Å². The van der Waals surface area contributed by atoms with E-state index < -0.39 is 0 Å². The van der Waals surface area contributed by atoms with Gasteiger partial charge in [-0.1, -0.05) is 13.3 Å². The summed E-state index contributed by atoms with van der Waals surface area (Å²) in [5.74, 6) is 2.23. The van der Waals surface area contributed by atoms with Gasteiger partial charge in [0.15, 0.2) is 0 Å². The van der Waals surface area contributed by atoms with Gasteiger partial charge in [0.1, 0.15) is 12.1 Å². The second-order valence-corrected chi connectivity index (χ2v) is 5.07. The number of aromatic nitrogens is 2. The maximum atomic E-state index is 5.56. The highest BCUT2D eigenvalue weighted by Crippen LogP contribution is 2.27. The molecule has 0 radical (unpaired) electrons. The van der Waals surface area contributed by atoms with Crippen LogP contribution in [0.4, 0.5) is 5.82 Å². The predicted molar refractivity (Wildman–Crippen MR) is 68.2 cm³/mol. The molecule has 2 rings (SSSR count). The molecular weight excluding hydrogens is 214 g/mol. The Morgan fingerprint density at radius 2 is 2.18 bits per heavy atom. The predicted octanol–water partition coefficient (Wildman–Crippen LogP) is 2.86. The Balaban J connectivity index is 2.00. The van der Waals surface area contributed by atoms with Crippen LogP contribution in [0.1, 0.15) is 40.0 Å². The Hall–Kier alpha value is -1.32. The second-order valence-electron chi connectivity index (χ2n) is 5.07. The van der Waals surface area contributed by atoms with E-state index in [4.69, 9.17) is 4.74 Å². The second kappa shape index (κ2) is 5.34. The van der Waals surface area contributed by atoms with Crippen LogP contribution in [0.5, 0.6) is 5.88 Å². The standard InChI is InChI=1S/C13H21N3O/c1-9(2)17-13-7-12(14-8-15-13)16-11-6-4-5-10(11)3/h7-11H,4-6H2,1-3H3,(H,14,15,16). The van der Waals surface area contributed by atoms with Crippen molar-refractivity contribution in [2.24, 2.45) is 5.92 Å². The summed E-state index contributed by atoms with van der Waals surface area (Å²) < 4.78 is 5.56. The van der Waals surface area contributed by atoms with E-state index >= 15 is 0 Å². The van der Waals surface area contributed by atoms with E-state index in [1.807, 2.05) is 19.9 Å². The van der Waals surface area contributed by atoms with Gasteiger partial charge in [-0.15, -0.1) is 0 Å². The largest absolute Gasteiger partial charge is 0.475 e. The van der Waals surface area contributed by atoms with Crippen LogP contribution in [-0.2, 0) is 0 Å². The molecule has 2 unspecified atom stereocenters. The van der Waals surface area contributed by atoms with Crippen molar-refractivity contribution in [3.05, 3.63) is 12.4 Å². The molecule has 2 atom stereocenters. The molecule has 1 N–H and O–H groups in total. The fraction of sp³-hybridized carbons (Fsp3) is 0.692. The van der Waals surface area contributed by atoms with Crippen LogP contribution in [0.25, 0.3) is 0 Å². The van der Waals surface area contributed by atoms with Gasteiger partial charge in [0.2, 0.25) is 5.88 Å². The summed E-state index contributed by atoms with van der Waals surface area (Å²) in [4.78, 5) is 8.34. The number of ether oxygens (including phenoxy) is 1. The zero-order chi connectivity index (χ0) is 12.3. The van der Waals surface area contributed by atoms with Crippen molar-refractivity contribution in [2.45, 2.75) is 52.2 Å². The third-order valence-corrected chi connectivity index (χ3v) is 3.19. The fourth-order valence-electron chi connectivity index (χ4n) is 2.27. The van der Waals surface area contributed by atoms with Crippen LogP contribution >= 0.6 is 0 Å². The van der Waals surface area contributed by atoms with Gasteiger partial charge in [0.05, 0.1) is 6.10 Å². The van der Waals surface area contributed by atoms with Gasteiger partial charge in [0, 0.05) is 12.1 Å². The first-order valence-corrected chi connectivity index (χ1v) is 6.40.